The summed E-state index contributed by atoms with van der Waals surface area (Å²) in [5, 5.41) is 14.2. The van der Waals surface area contributed by atoms with E-state index in [2.05, 4.69) is 16.8 Å². The molecule has 0 bridgehead atoms. The zero-order valence-corrected chi connectivity index (χ0v) is 17.6. The van der Waals surface area contributed by atoms with Crippen LogP contribution in [0.15, 0.2) is 18.5 Å². The first-order valence-electron chi connectivity index (χ1n) is 11.2. The van der Waals surface area contributed by atoms with Gasteiger partial charge < -0.3 is 14.9 Å². The molecular weight excluding hydrogens is 380 g/mol. The Bertz CT molecular complexity index is 922. The molecule has 0 aromatic carbocycles. The van der Waals surface area contributed by atoms with Crippen molar-refractivity contribution >= 4 is 11.9 Å². The second-order valence-electron chi connectivity index (χ2n) is 8.86. The van der Waals surface area contributed by atoms with Gasteiger partial charge in [0.15, 0.2) is 0 Å². The van der Waals surface area contributed by atoms with Crippen LogP contribution in [0.3, 0.4) is 0 Å². The molecule has 4 heterocycles. The highest BCUT2D eigenvalue weighted by Gasteiger charge is 2.45. The van der Waals surface area contributed by atoms with Gasteiger partial charge in [-0.15, -0.1) is 0 Å². The minimum Gasteiger partial charge on any atom is -0.394 e. The van der Waals surface area contributed by atoms with Crippen molar-refractivity contribution in [3.05, 3.63) is 24.2 Å². The number of hydrogen-bond donors (Lipinski definition) is 1. The lowest BCUT2D eigenvalue weighted by Gasteiger charge is -2.24. The molecule has 1 N–H and O–H groups in total. The largest absolute Gasteiger partial charge is 0.394 e. The molecule has 3 aliphatic rings. The van der Waals surface area contributed by atoms with Crippen LogP contribution < -0.4 is 4.90 Å². The Labute approximate surface area is 176 Å². The maximum Gasteiger partial charge on any atom is 0.226 e. The van der Waals surface area contributed by atoms with Crippen molar-refractivity contribution in [1.82, 2.24) is 24.6 Å². The van der Waals surface area contributed by atoms with E-state index in [1.165, 1.54) is 12.8 Å². The van der Waals surface area contributed by atoms with Crippen LogP contribution in [0.4, 0.5) is 5.95 Å². The molecule has 2 saturated heterocycles. The molecule has 2 aliphatic heterocycles. The summed E-state index contributed by atoms with van der Waals surface area (Å²) in [6.45, 7) is 5.38. The molecule has 5 rings (SSSR count). The number of carbonyl (C=O) groups is 1. The molecule has 8 nitrogen and oxygen atoms in total. The third-order valence-electron chi connectivity index (χ3n) is 6.71. The van der Waals surface area contributed by atoms with Crippen LogP contribution in [-0.2, 0) is 11.3 Å². The van der Waals surface area contributed by atoms with Crippen LogP contribution in [0.25, 0.3) is 11.3 Å². The first kappa shape index (κ1) is 19.5. The van der Waals surface area contributed by atoms with E-state index in [9.17, 15) is 9.90 Å². The van der Waals surface area contributed by atoms with Gasteiger partial charge in [0, 0.05) is 43.5 Å². The first-order valence-corrected chi connectivity index (χ1v) is 11.2. The van der Waals surface area contributed by atoms with E-state index in [0.717, 1.165) is 61.8 Å². The van der Waals surface area contributed by atoms with E-state index >= 15 is 0 Å². The average molecular weight is 411 g/mol. The van der Waals surface area contributed by atoms with Gasteiger partial charge in [0.1, 0.15) is 0 Å². The Morgan fingerprint density at radius 1 is 1.23 bits per heavy atom. The van der Waals surface area contributed by atoms with Gasteiger partial charge in [-0.3, -0.25) is 9.48 Å². The van der Waals surface area contributed by atoms with Crippen molar-refractivity contribution in [3.63, 3.8) is 0 Å². The van der Waals surface area contributed by atoms with E-state index in [4.69, 9.17) is 10.1 Å². The summed E-state index contributed by atoms with van der Waals surface area (Å²) >= 11 is 0. The number of carbonyl (C=O) groups excluding carboxylic acids is 1. The maximum atomic E-state index is 13.0. The van der Waals surface area contributed by atoms with Gasteiger partial charge in [-0.25, -0.2) is 9.97 Å². The van der Waals surface area contributed by atoms with Crippen LogP contribution in [0.5, 0.6) is 0 Å². The lowest BCUT2D eigenvalue weighted by molar-refractivity contribution is -0.133. The number of anilines is 1. The van der Waals surface area contributed by atoms with Crippen LogP contribution in [-0.4, -0.2) is 61.9 Å². The molecule has 0 spiro atoms. The summed E-state index contributed by atoms with van der Waals surface area (Å²) in [5.41, 5.74) is 2.68. The summed E-state index contributed by atoms with van der Waals surface area (Å²) in [7, 11) is 0. The molecular formula is C22H30N6O2. The number of hydrogen-bond acceptors (Lipinski definition) is 6. The van der Waals surface area contributed by atoms with Crippen LogP contribution in [0.2, 0.25) is 0 Å². The van der Waals surface area contributed by atoms with E-state index < -0.39 is 0 Å². The summed E-state index contributed by atoms with van der Waals surface area (Å²) in [6.07, 6.45) is 9.03. The van der Waals surface area contributed by atoms with Gasteiger partial charge in [0.25, 0.3) is 0 Å². The number of amides is 1. The fourth-order valence-electron chi connectivity index (χ4n) is 4.86. The summed E-state index contributed by atoms with van der Waals surface area (Å²) in [4.78, 5) is 26.6. The third-order valence-corrected chi connectivity index (χ3v) is 6.71. The average Bonchev–Trinajstić information content (AvgIpc) is 3.24. The van der Waals surface area contributed by atoms with Gasteiger partial charge in [-0.1, -0.05) is 6.92 Å². The molecule has 30 heavy (non-hydrogen) atoms. The summed E-state index contributed by atoms with van der Waals surface area (Å²) in [5.74, 6) is 1.70. The Morgan fingerprint density at radius 3 is 2.77 bits per heavy atom. The minimum absolute atomic E-state index is 0.0227. The fourth-order valence-corrected chi connectivity index (χ4v) is 4.86. The van der Waals surface area contributed by atoms with Gasteiger partial charge in [0.05, 0.1) is 30.6 Å². The number of rotatable bonds is 6. The lowest BCUT2D eigenvalue weighted by atomic mass is 10.0. The molecule has 0 unspecified atom stereocenters. The molecule has 2 aromatic rings. The van der Waals surface area contributed by atoms with Crippen molar-refractivity contribution in [3.8, 4) is 11.3 Å². The number of aliphatic hydroxyl groups excluding tert-OH is 1. The molecule has 160 valence electrons. The van der Waals surface area contributed by atoms with Crippen LogP contribution in [0, 0.1) is 11.8 Å². The highest BCUT2D eigenvalue weighted by atomic mass is 16.3. The quantitative estimate of drug-likeness (QED) is 0.786. The molecule has 1 saturated carbocycles. The van der Waals surface area contributed by atoms with Crippen LogP contribution >= 0.6 is 0 Å². The molecule has 0 radical (unpaired) electrons. The fraction of sp³-hybridized carbons (Fsp3) is 0.636. The predicted octanol–water partition coefficient (Wildman–Crippen LogP) is 2.25. The van der Waals surface area contributed by atoms with E-state index in [0.29, 0.717) is 12.5 Å². The molecule has 8 heteroatoms. The van der Waals surface area contributed by atoms with Crippen molar-refractivity contribution in [1.29, 1.82) is 0 Å². The second kappa shape index (κ2) is 7.98. The van der Waals surface area contributed by atoms with E-state index in [1.807, 2.05) is 23.4 Å². The smallest absolute Gasteiger partial charge is 0.226 e. The Kier molecular flexibility index (Phi) is 5.18. The van der Waals surface area contributed by atoms with Crippen molar-refractivity contribution < 1.29 is 9.90 Å². The Hall–Kier alpha value is -2.48. The number of nitrogens with zero attached hydrogens (tertiary/aromatic N) is 6. The number of likely N-dealkylation sites (tertiary alicyclic amines) is 1. The Morgan fingerprint density at radius 2 is 2.03 bits per heavy atom. The number of aliphatic hydroxyl groups is 1. The van der Waals surface area contributed by atoms with E-state index in [-0.39, 0.29) is 24.5 Å². The second-order valence-corrected chi connectivity index (χ2v) is 8.86. The van der Waals surface area contributed by atoms with Gasteiger partial charge >= 0.3 is 0 Å². The highest BCUT2D eigenvalue weighted by molar-refractivity contribution is 5.82. The van der Waals surface area contributed by atoms with Gasteiger partial charge in [0.2, 0.25) is 11.9 Å². The topological polar surface area (TPSA) is 87.4 Å². The molecule has 1 amide bonds. The summed E-state index contributed by atoms with van der Waals surface area (Å²) in [6, 6.07) is 1.90. The minimum atomic E-state index is -0.0227. The van der Waals surface area contributed by atoms with Crippen molar-refractivity contribution in [2.45, 2.75) is 51.6 Å². The normalized spacial score (nSPS) is 25.9. The van der Waals surface area contributed by atoms with E-state index in [1.54, 1.807) is 4.68 Å². The standard InChI is InChI=1S/C22H30N6O2/c1-15-13-16(15)21(30)28-10-4-5-19(28)20-17(14-27(25-20)11-12-29)18-6-7-23-22(24-18)26-8-2-3-9-26/h6-7,14-16,19,29H,2-5,8-13H2,1H3/t15-,16+,19-/m1/s1. The molecule has 1 aliphatic carbocycles. The summed E-state index contributed by atoms with van der Waals surface area (Å²) < 4.78 is 1.78. The Balaban J connectivity index is 1.50. The molecule has 3 atom stereocenters. The molecule has 3 fully saturated rings. The predicted molar refractivity (Wildman–Crippen MR) is 113 cm³/mol. The van der Waals surface area contributed by atoms with Gasteiger partial charge in [-0.2, -0.15) is 5.10 Å². The highest BCUT2D eigenvalue weighted by Crippen LogP contribution is 2.44. The zero-order valence-electron chi connectivity index (χ0n) is 17.6. The van der Waals surface area contributed by atoms with Crippen molar-refractivity contribution in [2.75, 3.05) is 31.1 Å². The lowest BCUT2D eigenvalue weighted by Crippen LogP contribution is -2.32. The monoisotopic (exact) mass is 410 g/mol. The van der Waals surface area contributed by atoms with Crippen molar-refractivity contribution in [2.24, 2.45) is 11.8 Å². The number of aromatic nitrogens is 4. The third kappa shape index (κ3) is 3.57. The zero-order chi connectivity index (χ0) is 20.7. The molecule has 2 aromatic heterocycles. The SMILES string of the molecule is C[C@@H]1C[C@@H]1C(=O)N1CCC[C@@H]1c1nn(CCO)cc1-c1ccnc(N2CCCC2)n1. The van der Waals surface area contributed by atoms with Gasteiger partial charge in [-0.05, 0) is 44.1 Å². The first-order chi connectivity index (χ1) is 14.7. The maximum absolute atomic E-state index is 13.0. The van der Waals surface area contributed by atoms with Crippen LogP contribution in [0.1, 0.15) is 50.8 Å².